The number of carbonyl (C=O) groups excluding carboxylic acids is 1. The quantitative estimate of drug-likeness (QED) is 0.668. The number of carbonyl (C=O) groups is 1. The number of amides is 1. The highest BCUT2D eigenvalue weighted by molar-refractivity contribution is 8.15. The molecule has 1 amide bonds. The lowest BCUT2D eigenvalue weighted by Gasteiger charge is -2.05. The maximum absolute atomic E-state index is 12.1. The lowest BCUT2D eigenvalue weighted by atomic mass is 10.1. The number of hydrogen-bond acceptors (Lipinski definition) is 4. The van der Waals surface area contributed by atoms with Gasteiger partial charge in [-0.25, -0.2) is 0 Å². The number of nitrogens with zero attached hydrogens (tertiary/aromatic N) is 2. The summed E-state index contributed by atoms with van der Waals surface area (Å²) in [7, 11) is 0. The summed E-state index contributed by atoms with van der Waals surface area (Å²) in [5.41, 5.74) is 3.12. The van der Waals surface area contributed by atoms with Crippen molar-refractivity contribution < 1.29 is 4.79 Å². The largest absolute Gasteiger partial charge is 0.303 e. The summed E-state index contributed by atoms with van der Waals surface area (Å²) in [4.78, 5) is 12.1. The van der Waals surface area contributed by atoms with Crippen LogP contribution in [0.25, 0.3) is 0 Å². The van der Waals surface area contributed by atoms with Crippen molar-refractivity contribution in [3.63, 3.8) is 0 Å². The first-order valence-corrected chi connectivity index (χ1v) is 8.76. The topological polar surface area (TPSA) is 53.8 Å². The molecular formula is C18H16ClN3OS. The minimum Gasteiger partial charge on any atom is -0.303 e. The minimum atomic E-state index is -0.180. The van der Waals surface area contributed by atoms with E-state index < -0.39 is 0 Å². The van der Waals surface area contributed by atoms with Gasteiger partial charge in [-0.15, -0.1) is 5.10 Å². The third-order valence-electron chi connectivity index (χ3n) is 3.53. The molecule has 0 aromatic heterocycles. The molecule has 3 rings (SSSR count). The molecule has 0 radical (unpaired) electrons. The molecule has 1 heterocycles. The van der Waals surface area contributed by atoms with Crippen LogP contribution in [0.3, 0.4) is 0 Å². The first kappa shape index (κ1) is 16.7. The van der Waals surface area contributed by atoms with Crippen LogP contribution in [-0.2, 0) is 11.2 Å². The molecule has 2 aromatic carbocycles. The monoisotopic (exact) mass is 357 g/mol. The zero-order chi connectivity index (χ0) is 16.9. The smallest absolute Gasteiger partial charge is 0.239 e. The highest BCUT2D eigenvalue weighted by Crippen LogP contribution is 2.23. The molecule has 1 fully saturated rings. The molecule has 122 valence electrons. The highest BCUT2D eigenvalue weighted by atomic mass is 35.5. The lowest BCUT2D eigenvalue weighted by molar-refractivity contribution is -0.118. The number of benzene rings is 2. The van der Waals surface area contributed by atoms with E-state index in [1.165, 1.54) is 17.3 Å². The Labute approximate surface area is 150 Å². The van der Waals surface area contributed by atoms with Crippen molar-refractivity contribution in [3.8, 4) is 0 Å². The molecule has 1 aliphatic heterocycles. The molecule has 0 bridgehead atoms. The molecule has 6 heteroatoms. The van der Waals surface area contributed by atoms with Crippen molar-refractivity contribution in [1.29, 1.82) is 0 Å². The summed E-state index contributed by atoms with van der Waals surface area (Å²) in [5.74, 6) is -0.0341. The minimum absolute atomic E-state index is 0.0341. The second kappa shape index (κ2) is 7.64. The van der Waals surface area contributed by atoms with E-state index >= 15 is 0 Å². The Kier molecular flexibility index (Phi) is 5.33. The van der Waals surface area contributed by atoms with Crippen molar-refractivity contribution in [2.24, 2.45) is 10.2 Å². The van der Waals surface area contributed by atoms with Crippen LogP contribution in [0, 0.1) is 6.92 Å². The summed E-state index contributed by atoms with van der Waals surface area (Å²) < 4.78 is 0. The van der Waals surface area contributed by atoms with Gasteiger partial charge in [-0.1, -0.05) is 71.4 Å². The first-order chi connectivity index (χ1) is 11.6. The van der Waals surface area contributed by atoms with E-state index in [2.05, 4.69) is 21.6 Å². The van der Waals surface area contributed by atoms with E-state index in [9.17, 15) is 4.79 Å². The highest BCUT2D eigenvalue weighted by Gasteiger charge is 2.30. The fourth-order valence-corrected chi connectivity index (χ4v) is 3.51. The summed E-state index contributed by atoms with van der Waals surface area (Å²) in [5, 5.41) is 11.8. The molecular weight excluding hydrogens is 342 g/mol. The second-order valence-corrected chi connectivity index (χ2v) is 7.06. The van der Waals surface area contributed by atoms with E-state index in [1.807, 2.05) is 43.3 Å². The average Bonchev–Trinajstić information content (AvgIpc) is 2.89. The van der Waals surface area contributed by atoms with Crippen LogP contribution in [0.5, 0.6) is 0 Å². The van der Waals surface area contributed by atoms with E-state index in [0.717, 1.165) is 11.1 Å². The molecule has 1 atom stereocenters. The molecule has 0 aliphatic carbocycles. The predicted octanol–water partition coefficient (Wildman–Crippen LogP) is 3.81. The summed E-state index contributed by atoms with van der Waals surface area (Å²) in [6, 6.07) is 15.6. The van der Waals surface area contributed by atoms with Crippen molar-refractivity contribution in [2.45, 2.75) is 18.6 Å². The number of halogens is 1. The van der Waals surface area contributed by atoms with Crippen molar-refractivity contribution in [1.82, 2.24) is 5.32 Å². The standard InChI is InChI=1S/C18H16ClN3OS/c1-12-5-4-6-13(9-12)10-16-17(23)21-18(24-16)22-20-11-14-7-2-3-8-15(14)19/h2-9,11,16H,10H2,1H3,(H,21,22,23)/t16-/m0/s1. The zero-order valence-corrected chi connectivity index (χ0v) is 14.6. The van der Waals surface area contributed by atoms with Gasteiger partial charge in [-0.05, 0) is 25.0 Å². The van der Waals surface area contributed by atoms with Gasteiger partial charge in [0.05, 0.1) is 11.5 Å². The number of thioether (sulfide) groups is 1. The number of aryl methyl sites for hydroxylation is 1. The van der Waals surface area contributed by atoms with Crippen molar-refractivity contribution >= 4 is 40.7 Å². The predicted molar refractivity (Wildman–Crippen MR) is 101 cm³/mol. The molecule has 1 saturated heterocycles. The number of rotatable bonds is 4. The van der Waals surface area contributed by atoms with E-state index in [4.69, 9.17) is 11.6 Å². The molecule has 1 N–H and O–H groups in total. The summed E-state index contributed by atoms with van der Waals surface area (Å²) in [6.07, 6.45) is 2.25. The Hall–Kier alpha value is -2.11. The average molecular weight is 358 g/mol. The molecule has 4 nitrogen and oxygen atoms in total. The SMILES string of the molecule is Cc1cccc(C[C@@H]2S/C(=N/N=Cc3ccccc3Cl)NC2=O)c1. The second-order valence-electron chi connectivity index (χ2n) is 5.46. The molecule has 2 aromatic rings. The van der Waals surface area contributed by atoms with Crippen LogP contribution < -0.4 is 5.32 Å². The Bertz CT molecular complexity index is 819. The molecule has 0 spiro atoms. The van der Waals surface area contributed by atoms with E-state index in [-0.39, 0.29) is 11.2 Å². The fourth-order valence-electron chi connectivity index (χ4n) is 2.36. The zero-order valence-electron chi connectivity index (χ0n) is 13.1. The van der Waals surface area contributed by atoms with Gasteiger partial charge in [0.15, 0.2) is 5.17 Å². The third kappa shape index (κ3) is 4.24. The van der Waals surface area contributed by atoms with Crippen molar-refractivity contribution in [2.75, 3.05) is 0 Å². The molecule has 0 unspecified atom stereocenters. The summed E-state index contributed by atoms with van der Waals surface area (Å²) >= 11 is 7.46. The normalized spacial score (nSPS) is 19.2. The fraction of sp³-hybridized carbons (Fsp3) is 0.167. The molecule has 1 aliphatic rings. The number of nitrogens with one attached hydrogen (secondary N) is 1. The Morgan fingerprint density at radius 2 is 2.08 bits per heavy atom. The van der Waals surface area contributed by atoms with Gasteiger partial charge in [0.1, 0.15) is 0 Å². The van der Waals surface area contributed by atoms with Crippen LogP contribution >= 0.6 is 23.4 Å². The van der Waals surface area contributed by atoms with Crippen molar-refractivity contribution in [3.05, 3.63) is 70.2 Å². The maximum atomic E-state index is 12.1. The van der Waals surface area contributed by atoms with Gasteiger partial charge in [-0.2, -0.15) is 5.10 Å². The van der Waals surface area contributed by atoms with Crippen LogP contribution in [0.1, 0.15) is 16.7 Å². The van der Waals surface area contributed by atoms with E-state index in [1.54, 1.807) is 12.3 Å². The number of hydrogen-bond donors (Lipinski definition) is 1. The van der Waals surface area contributed by atoms with Gasteiger partial charge < -0.3 is 5.32 Å². The Balaban J connectivity index is 1.65. The van der Waals surface area contributed by atoms with Gasteiger partial charge >= 0.3 is 0 Å². The summed E-state index contributed by atoms with van der Waals surface area (Å²) in [6.45, 7) is 2.04. The Morgan fingerprint density at radius 3 is 2.88 bits per heavy atom. The van der Waals surface area contributed by atoms with Crippen LogP contribution in [-0.4, -0.2) is 22.5 Å². The lowest BCUT2D eigenvalue weighted by Crippen LogP contribution is -2.25. The van der Waals surface area contributed by atoms with E-state index in [0.29, 0.717) is 16.6 Å². The van der Waals surface area contributed by atoms with Gasteiger partial charge in [-0.3, -0.25) is 4.79 Å². The van der Waals surface area contributed by atoms with Crippen LogP contribution in [0.2, 0.25) is 5.02 Å². The van der Waals surface area contributed by atoms with Gasteiger partial charge in [0.25, 0.3) is 0 Å². The Morgan fingerprint density at radius 1 is 1.25 bits per heavy atom. The van der Waals surface area contributed by atoms with Gasteiger partial charge in [0.2, 0.25) is 5.91 Å². The maximum Gasteiger partial charge on any atom is 0.239 e. The molecule has 24 heavy (non-hydrogen) atoms. The van der Waals surface area contributed by atoms with Gasteiger partial charge in [0, 0.05) is 10.6 Å². The van der Waals surface area contributed by atoms with Crippen LogP contribution in [0.15, 0.2) is 58.7 Å². The first-order valence-electron chi connectivity index (χ1n) is 7.50. The molecule has 0 saturated carbocycles. The number of amidine groups is 1. The third-order valence-corrected chi connectivity index (χ3v) is 4.95. The van der Waals surface area contributed by atoms with Crippen LogP contribution in [0.4, 0.5) is 0 Å².